The van der Waals surface area contributed by atoms with Crippen molar-refractivity contribution < 1.29 is 19.1 Å². The molecule has 3 aliphatic rings. The van der Waals surface area contributed by atoms with Crippen LogP contribution in [0.25, 0.3) is 0 Å². The Bertz CT molecular complexity index is 397. The second-order valence-corrected chi connectivity index (χ2v) is 5.94. The van der Waals surface area contributed by atoms with Crippen LogP contribution in [-0.2, 0) is 19.1 Å². The number of rotatable bonds is 4. The number of hydrogen-bond acceptors (Lipinski definition) is 4. The van der Waals surface area contributed by atoms with Gasteiger partial charge in [0, 0.05) is 13.5 Å². The largest absolute Gasteiger partial charge is 0.359 e. The minimum absolute atomic E-state index is 0.115. The first kappa shape index (κ1) is 14.0. The molecular weight excluding hydrogens is 258 g/mol. The van der Waals surface area contributed by atoms with Gasteiger partial charge in [-0.25, -0.2) is 5.06 Å². The van der Waals surface area contributed by atoms with Gasteiger partial charge in [0.15, 0.2) is 0 Å². The standard InChI is InChI=1S/C15H23NO4/c1-18-11-19-10-13-7-9-15-8-3-2-4-12(15)5-6-14(17)16(15)20-13/h7,9,12-13H,2-6,8,10-11H2,1H3/t12-,13+,15-/m0/s1. The molecule has 3 rings (SSSR count). The number of nitrogens with zero attached hydrogens (tertiary/aromatic N) is 1. The molecule has 1 aliphatic carbocycles. The van der Waals surface area contributed by atoms with E-state index in [0.717, 1.165) is 12.8 Å². The predicted octanol–water partition coefficient (Wildman–Crippen LogP) is 2.03. The second-order valence-electron chi connectivity index (χ2n) is 5.94. The van der Waals surface area contributed by atoms with Crippen LogP contribution in [0.2, 0.25) is 0 Å². The van der Waals surface area contributed by atoms with Crippen LogP contribution in [0, 0.1) is 5.92 Å². The first-order valence-electron chi connectivity index (χ1n) is 7.52. The Balaban J connectivity index is 1.75. The zero-order valence-electron chi connectivity index (χ0n) is 12.0. The minimum atomic E-state index is -0.194. The van der Waals surface area contributed by atoms with Crippen molar-refractivity contribution in [1.82, 2.24) is 5.06 Å². The van der Waals surface area contributed by atoms with E-state index < -0.39 is 0 Å². The predicted molar refractivity (Wildman–Crippen MR) is 72.6 cm³/mol. The quantitative estimate of drug-likeness (QED) is 0.449. The third-order valence-electron chi connectivity index (χ3n) is 4.72. The highest BCUT2D eigenvalue weighted by molar-refractivity contribution is 5.77. The summed E-state index contributed by atoms with van der Waals surface area (Å²) in [4.78, 5) is 18.2. The maximum Gasteiger partial charge on any atom is 0.246 e. The minimum Gasteiger partial charge on any atom is -0.359 e. The fourth-order valence-corrected chi connectivity index (χ4v) is 3.77. The molecule has 5 heteroatoms. The molecule has 1 amide bonds. The summed E-state index contributed by atoms with van der Waals surface area (Å²) < 4.78 is 10.2. The summed E-state index contributed by atoms with van der Waals surface area (Å²) in [7, 11) is 1.59. The van der Waals surface area contributed by atoms with E-state index in [1.807, 2.05) is 0 Å². The van der Waals surface area contributed by atoms with Gasteiger partial charge in [0.2, 0.25) is 5.91 Å². The number of amides is 1. The van der Waals surface area contributed by atoms with Crippen molar-refractivity contribution in [1.29, 1.82) is 0 Å². The molecule has 112 valence electrons. The molecule has 5 nitrogen and oxygen atoms in total. The van der Waals surface area contributed by atoms with Crippen molar-refractivity contribution in [2.24, 2.45) is 5.92 Å². The summed E-state index contributed by atoms with van der Waals surface area (Å²) in [5.41, 5.74) is -0.189. The average Bonchev–Trinajstić information content (AvgIpc) is 2.48. The average molecular weight is 281 g/mol. The number of ether oxygens (including phenoxy) is 2. The van der Waals surface area contributed by atoms with E-state index in [-0.39, 0.29) is 24.3 Å². The van der Waals surface area contributed by atoms with Gasteiger partial charge in [0.05, 0.1) is 12.1 Å². The van der Waals surface area contributed by atoms with Crippen LogP contribution in [0.3, 0.4) is 0 Å². The lowest BCUT2D eigenvalue weighted by Crippen LogP contribution is -2.62. The SMILES string of the molecule is COCOC[C@H]1C=C[C@@]23CCCC[C@H]2CCC(=O)N3O1. The molecule has 0 aromatic carbocycles. The van der Waals surface area contributed by atoms with E-state index in [4.69, 9.17) is 14.3 Å². The summed E-state index contributed by atoms with van der Waals surface area (Å²) in [5.74, 6) is 0.662. The highest BCUT2D eigenvalue weighted by atomic mass is 16.7. The van der Waals surface area contributed by atoms with Crippen molar-refractivity contribution in [2.75, 3.05) is 20.5 Å². The van der Waals surface area contributed by atoms with Crippen LogP contribution in [0.1, 0.15) is 38.5 Å². The molecule has 0 aromatic rings. The monoisotopic (exact) mass is 281 g/mol. The normalized spacial score (nSPS) is 36.6. The van der Waals surface area contributed by atoms with Gasteiger partial charge in [-0.3, -0.25) is 9.63 Å². The zero-order chi connectivity index (χ0) is 14.0. The van der Waals surface area contributed by atoms with Gasteiger partial charge in [-0.15, -0.1) is 0 Å². The van der Waals surface area contributed by atoms with Gasteiger partial charge in [0.1, 0.15) is 12.9 Å². The topological polar surface area (TPSA) is 48.0 Å². The van der Waals surface area contributed by atoms with E-state index in [1.54, 1.807) is 12.2 Å². The van der Waals surface area contributed by atoms with Crippen LogP contribution in [0.5, 0.6) is 0 Å². The second kappa shape index (κ2) is 5.84. The van der Waals surface area contributed by atoms with Crippen LogP contribution >= 0.6 is 0 Å². The molecule has 2 heterocycles. The van der Waals surface area contributed by atoms with E-state index in [1.165, 1.54) is 19.3 Å². The van der Waals surface area contributed by atoms with Gasteiger partial charge in [0.25, 0.3) is 0 Å². The van der Waals surface area contributed by atoms with Crippen LogP contribution < -0.4 is 0 Å². The number of carbonyl (C=O) groups is 1. The molecule has 0 unspecified atom stereocenters. The number of hydroxylamine groups is 2. The molecule has 1 saturated carbocycles. The maximum atomic E-state index is 12.3. The molecule has 0 radical (unpaired) electrons. The summed E-state index contributed by atoms with van der Waals surface area (Å²) in [6, 6.07) is 0. The summed E-state index contributed by atoms with van der Waals surface area (Å²) in [5, 5.41) is 1.67. The lowest BCUT2D eigenvalue weighted by atomic mass is 9.67. The van der Waals surface area contributed by atoms with Gasteiger partial charge in [-0.2, -0.15) is 0 Å². The van der Waals surface area contributed by atoms with E-state index in [0.29, 0.717) is 18.9 Å². The highest BCUT2D eigenvalue weighted by Crippen LogP contribution is 2.47. The van der Waals surface area contributed by atoms with Crippen molar-refractivity contribution in [3.05, 3.63) is 12.2 Å². The summed E-state index contributed by atoms with van der Waals surface area (Å²) in [6.45, 7) is 0.657. The Kier molecular flexibility index (Phi) is 4.10. The van der Waals surface area contributed by atoms with E-state index in [9.17, 15) is 4.79 Å². The maximum absolute atomic E-state index is 12.3. The first-order chi connectivity index (χ1) is 9.76. The third-order valence-corrected chi connectivity index (χ3v) is 4.72. The Hall–Kier alpha value is -0.910. The highest BCUT2D eigenvalue weighted by Gasteiger charge is 2.51. The fraction of sp³-hybridized carbons (Fsp3) is 0.800. The molecule has 0 bridgehead atoms. The molecule has 0 N–H and O–H groups in total. The Morgan fingerprint density at radius 2 is 2.35 bits per heavy atom. The van der Waals surface area contributed by atoms with Gasteiger partial charge < -0.3 is 9.47 Å². The molecule has 2 fully saturated rings. The molecule has 3 atom stereocenters. The van der Waals surface area contributed by atoms with Crippen molar-refractivity contribution in [3.63, 3.8) is 0 Å². The lowest BCUT2D eigenvalue weighted by Gasteiger charge is -2.54. The van der Waals surface area contributed by atoms with Crippen LogP contribution in [0.15, 0.2) is 12.2 Å². The first-order valence-corrected chi connectivity index (χ1v) is 7.52. The van der Waals surface area contributed by atoms with Gasteiger partial charge in [-0.05, 0) is 25.2 Å². The molecule has 20 heavy (non-hydrogen) atoms. The van der Waals surface area contributed by atoms with Crippen molar-refractivity contribution >= 4 is 5.91 Å². The number of methoxy groups -OCH3 is 1. The van der Waals surface area contributed by atoms with Crippen LogP contribution in [0.4, 0.5) is 0 Å². The molecule has 0 aromatic heterocycles. The van der Waals surface area contributed by atoms with Gasteiger partial charge in [-0.1, -0.05) is 25.0 Å². The Morgan fingerprint density at radius 1 is 1.45 bits per heavy atom. The molecule has 1 saturated heterocycles. The fourth-order valence-electron chi connectivity index (χ4n) is 3.77. The van der Waals surface area contributed by atoms with Crippen molar-refractivity contribution in [2.45, 2.75) is 50.2 Å². The number of carbonyl (C=O) groups excluding carboxylic acids is 1. The molecule has 2 aliphatic heterocycles. The van der Waals surface area contributed by atoms with Crippen LogP contribution in [-0.4, -0.2) is 43.1 Å². The summed E-state index contributed by atoms with van der Waals surface area (Å²) in [6.07, 6.45) is 10.3. The zero-order valence-corrected chi connectivity index (χ0v) is 12.0. The smallest absolute Gasteiger partial charge is 0.246 e. The lowest BCUT2D eigenvalue weighted by molar-refractivity contribution is -0.264. The summed E-state index contributed by atoms with van der Waals surface area (Å²) >= 11 is 0. The molecular formula is C15H23NO4. The van der Waals surface area contributed by atoms with Crippen molar-refractivity contribution in [3.8, 4) is 0 Å². The number of piperidine rings is 1. The molecule has 1 spiro atoms. The van der Waals surface area contributed by atoms with E-state index >= 15 is 0 Å². The van der Waals surface area contributed by atoms with Gasteiger partial charge >= 0.3 is 0 Å². The Morgan fingerprint density at radius 3 is 3.20 bits per heavy atom. The third kappa shape index (κ3) is 2.38. The number of hydrogen-bond donors (Lipinski definition) is 0. The Labute approximate surface area is 119 Å². The van der Waals surface area contributed by atoms with E-state index in [2.05, 4.69) is 12.2 Å².